The van der Waals surface area contributed by atoms with E-state index in [1.807, 2.05) is 0 Å². The molecule has 0 spiro atoms. The molecule has 27 heavy (non-hydrogen) atoms. The van der Waals surface area contributed by atoms with Crippen molar-refractivity contribution in [2.45, 2.75) is 31.7 Å². The molecule has 7 nitrogen and oxygen atoms in total. The second kappa shape index (κ2) is 8.80. The molecule has 0 bridgehead atoms. The number of nitrogens with one attached hydrogen (secondary N) is 2. The van der Waals surface area contributed by atoms with Gasteiger partial charge in [0.1, 0.15) is 6.04 Å². The van der Waals surface area contributed by atoms with E-state index in [1.54, 1.807) is 23.1 Å². The van der Waals surface area contributed by atoms with E-state index in [2.05, 4.69) is 10.6 Å². The molecular formula is C19H26ClN3O4. The molecule has 2 amide bonds. The van der Waals surface area contributed by atoms with Gasteiger partial charge in [-0.1, -0.05) is 0 Å². The summed E-state index contributed by atoms with van der Waals surface area (Å²) in [6, 6.07) is 4.80. The molecule has 3 aliphatic heterocycles. The summed E-state index contributed by atoms with van der Waals surface area (Å²) in [6.45, 7) is 3.57. The van der Waals surface area contributed by atoms with Crippen molar-refractivity contribution in [1.29, 1.82) is 0 Å². The lowest BCUT2D eigenvalue weighted by Crippen LogP contribution is -2.46. The van der Waals surface area contributed by atoms with Gasteiger partial charge in [-0.25, -0.2) is 0 Å². The summed E-state index contributed by atoms with van der Waals surface area (Å²) in [5.41, 5.74) is 0.533. The molecule has 3 heterocycles. The van der Waals surface area contributed by atoms with Gasteiger partial charge in [-0.15, -0.1) is 12.4 Å². The first kappa shape index (κ1) is 19.8. The lowest BCUT2D eigenvalue weighted by atomic mass is 10.1. The van der Waals surface area contributed by atoms with Crippen LogP contribution in [0.1, 0.15) is 36.0 Å². The minimum absolute atomic E-state index is 0. The fourth-order valence-corrected chi connectivity index (χ4v) is 3.96. The Bertz CT molecular complexity index is 694. The zero-order valence-electron chi connectivity index (χ0n) is 15.2. The van der Waals surface area contributed by atoms with Crippen LogP contribution in [0.3, 0.4) is 0 Å². The summed E-state index contributed by atoms with van der Waals surface area (Å²) in [5.74, 6) is 1.72. The third-order valence-electron chi connectivity index (χ3n) is 5.45. The number of carbonyl (C=O) groups excluding carboxylic acids is 2. The van der Waals surface area contributed by atoms with Crippen LogP contribution in [0.5, 0.6) is 11.5 Å². The number of carbonyl (C=O) groups is 2. The Morgan fingerprint density at radius 2 is 2.07 bits per heavy atom. The number of fused-ring (bicyclic) bond motifs is 1. The van der Waals surface area contributed by atoms with Gasteiger partial charge in [0, 0.05) is 18.7 Å². The molecule has 1 aromatic rings. The number of ether oxygens (including phenoxy) is 2. The molecule has 2 saturated heterocycles. The number of hydrogen-bond acceptors (Lipinski definition) is 5. The number of rotatable bonds is 5. The van der Waals surface area contributed by atoms with Gasteiger partial charge in [-0.3, -0.25) is 9.59 Å². The van der Waals surface area contributed by atoms with Crippen LogP contribution in [0.2, 0.25) is 0 Å². The lowest BCUT2D eigenvalue weighted by Gasteiger charge is -2.24. The van der Waals surface area contributed by atoms with Crippen LogP contribution >= 0.6 is 12.4 Å². The van der Waals surface area contributed by atoms with Crippen molar-refractivity contribution in [2.24, 2.45) is 5.92 Å². The van der Waals surface area contributed by atoms with Crippen LogP contribution < -0.4 is 20.1 Å². The number of likely N-dealkylation sites (tertiary alicyclic amines) is 1. The van der Waals surface area contributed by atoms with E-state index in [0.717, 1.165) is 25.9 Å². The highest BCUT2D eigenvalue weighted by Crippen LogP contribution is 2.33. The fraction of sp³-hybridized carbons (Fsp3) is 0.579. The van der Waals surface area contributed by atoms with Crippen LogP contribution in [-0.4, -0.2) is 55.7 Å². The van der Waals surface area contributed by atoms with E-state index in [1.165, 1.54) is 6.42 Å². The first-order valence-electron chi connectivity index (χ1n) is 9.41. The first-order chi connectivity index (χ1) is 12.7. The second-order valence-corrected chi connectivity index (χ2v) is 7.16. The Hall–Kier alpha value is -1.99. The third kappa shape index (κ3) is 4.30. The zero-order chi connectivity index (χ0) is 17.9. The monoisotopic (exact) mass is 395 g/mol. The molecule has 0 aromatic heterocycles. The molecule has 148 valence electrons. The van der Waals surface area contributed by atoms with Gasteiger partial charge in [0.2, 0.25) is 12.7 Å². The molecule has 2 unspecified atom stereocenters. The van der Waals surface area contributed by atoms with E-state index < -0.39 is 0 Å². The van der Waals surface area contributed by atoms with Crippen LogP contribution in [-0.2, 0) is 4.79 Å². The molecule has 1 aromatic carbocycles. The van der Waals surface area contributed by atoms with Crippen molar-refractivity contribution in [3.8, 4) is 11.5 Å². The average Bonchev–Trinajstić information content (AvgIpc) is 3.40. The second-order valence-electron chi connectivity index (χ2n) is 7.16. The van der Waals surface area contributed by atoms with Crippen molar-refractivity contribution < 1.29 is 19.1 Å². The molecule has 2 atom stereocenters. The normalized spacial score (nSPS) is 23.2. The molecule has 3 aliphatic rings. The lowest BCUT2D eigenvalue weighted by molar-refractivity contribution is -0.124. The maximum absolute atomic E-state index is 12.9. The Morgan fingerprint density at radius 1 is 1.22 bits per heavy atom. The van der Waals surface area contributed by atoms with E-state index in [0.29, 0.717) is 42.5 Å². The van der Waals surface area contributed by atoms with E-state index >= 15 is 0 Å². The fourth-order valence-electron chi connectivity index (χ4n) is 3.96. The summed E-state index contributed by atoms with van der Waals surface area (Å²) in [6.07, 6.45) is 3.73. The summed E-state index contributed by atoms with van der Waals surface area (Å²) in [4.78, 5) is 27.2. The van der Waals surface area contributed by atoms with Crippen LogP contribution in [0, 0.1) is 5.92 Å². The molecule has 0 aliphatic carbocycles. The Kier molecular flexibility index (Phi) is 6.44. The molecular weight excluding hydrogens is 370 g/mol. The number of nitrogens with zero attached hydrogens (tertiary/aromatic N) is 1. The van der Waals surface area contributed by atoms with E-state index in [4.69, 9.17) is 9.47 Å². The first-order valence-corrected chi connectivity index (χ1v) is 9.41. The van der Waals surface area contributed by atoms with Crippen molar-refractivity contribution in [2.75, 3.05) is 33.0 Å². The number of benzene rings is 1. The van der Waals surface area contributed by atoms with Gasteiger partial charge in [-0.05, 0) is 62.9 Å². The SMILES string of the molecule is Cl.O=C(NCCC1CCNC1)C1CCCN1C(=O)c1ccc2c(c1)OCO2. The van der Waals surface area contributed by atoms with Gasteiger partial charge in [0.15, 0.2) is 11.5 Å². The standard InChI is InChI=1S/C19H25N3O4.ClH/c23-18(21-8-6-13-5-7-20-11-13)15-2-1-9-22(15)19(24)14-3-4-16-17(10-14)26-12-25-16;/h3-4,10,13,15,20H,1-2,5-9,11-12H2,(H,21,23);1H. The highest BCUT2D eigenvalue weighted by molar-refractivity contribution is 5.98. The summed E-state index contributed by atoms with van der Waals surface area (Å²) in [5, 5.41) is 6.36. The molecule has 2 N–H and O–H groups in total. The molecule has 0 radical (unpaired) electrons. The number of amides is 2. The quantitative estimate of drug-likeness (QED) is 0.790. The Morgan fingerprint density at radius 3 is 2.89 bits per heavy atom. The smallest absolute Gasteiger partial charge is 0.254 e. The van der Waals surface area contributed by atoms with Gasteiger partial charge in [0.05, 0.1) is 0 Å². The zero-order valence-corrected chi connectivity index (χ0v) is 16.1. The summed E-state index contributed by atoms with van der Waals surface area (Å²) >= 11 is 0. The maximum atomic E-state index is 12.9. The number of halogens is 1. The molecule has 4 rings (SSSR count). The predicted molar refractivity (Wildman–Crippen MR) is 102 cm³/mol. The van der Waals surface area contributed by atoms with Gasteiger partial charge in [-0.2, -0.15) is 0 Å². The number of hydrogen-bond donors (Lipinski definition) is 2. The van der Waals surface area contributed by atoms with Crippen molar-refractivity contribution in [3.05, 3.63) is 23.8 Å². The van der Waals surface area contributed by atoms with Crippen LogP contribution in [0.4, 0.5) is 0 Å². The highest BCUT2D eigenvalue weighted by Gasteiger charge is 2.35. The van der Waals surface area contributed by atoms with Crippen LogP contribution in [0.25, 0.3) is 0 Å². The Balaban J connectivity index is 0.00000210. The largest absolute Gasteiger partial charge is 0.454 e. The van der Waals surface area contributed by atoms with Crippen molar-refractivity contribution >= 4 is 24.2 Å². The Labute approximate surface area is 165 Å². The van der Waals surface area contributed by atoms with Crippen molar-refractivity contribution in [1.82, 2.24) is 15.5 Å². The average molecular weight is 396 g/mol. The van der Waals surface area contributed by atoms with Gasteiger partial charge >= 0.3 is 0 Å². The highest BCUT2D eigenvalue weighted by atomic mass is 35.5. The van der Waals surface area contributed by atoms with Gasteiger partial charge < -0.3 is 25.0 Å². The maximum Gasteiger partial charge on any atom is 0.254 e. The van der Waals surface area contributed by atoms with Gasteiger partial charge in [0.25, 0.3) is 5.91 Å². The van der Waals surface area contributed by atoms with E-state index in [9.17, 15) is 9.59 Å². The molecule has 0 saturated carbocycles. The minimum Gasteiger partial charge on any atom is -0.454 e. The molecule has 8 heteroatoms. The van der Waals surface area contributed by atoms with Crippen molar-refractivity contribution in [3.63, 3.8) is 0 Å². The minimum atomic E-state index is -0.380. The topological polar surface area (TPSA) is 79.9 Å². The summed E-state index contributed by atoms with van der Waals surface area (Å²) in [7, 11) is 0. The van der Waals surface area contributed by atoms with Crippen LogP contribution in [0.15, 0.2) is 18.2 Å². The summed E-state index contributed by atoms with van der Waals surface area (Å²) < 4.78 is 10.6. The third-order valence-corrected chi connectivity index (χ3v) is 5.45. The molecule has 2 fully saturated rings. The van der Waals surface area contributed by atoms with E-state index in [-0.39, 0.29) is 37.1 Å². The predicted octanol–water partition coefficient (Wildman–Crippen LogP) is 1.56.